The van der Waals surface area contributed by atoms with Crippen molar-refractivity contribution >= 4 is 5.97 Å². The number of aliphatic hydroxyl groups excluding tert-OH is 1. The van der Waals surface area contributed by atoms with Gasteiger partial charge in [0.1, 0.15) is 5.54 Å². The van der Waals surface area contributed by atoms with Crippen molar-refractivity contribution in [1.29, 1.82) is 0 Å². The van der Waals surface area contributed by atoms with Crippen molar-refractivity contribution in [2.24, 2.45) is 0 Å². The van der Waals surface area contributed by atoms with Gasteiger partial charge in [0.15, 0.2) is 0 Å². The van der Waals surface area contributed by atoms with E-state index in [1.807, 2.05) is 0 Å². The summed E-state index contributed by atoms with van der Waals surface area (Å²) in [5, 5.41) is 19.7. The Balaban J connectivity index is 2.57. The molecule has 1 heterocycles. The third-order valence-electron chi connectivity index (χ3n) is 1.69. The molecular weight excluding hydrogens is 122 g/mol. The van der Waals surface area contributed by atoms with E-state index in [4.69, 9.17) is 10.2 Å². The van der Waals surface area contributed by atoms with E-state index in [1.54, 1.807) is 0 Å². The van der Waals surface area contributed by atoms with E-state index in [2.05, 4.69) is 5.32 Å². The second kappa shape index (κ2) is 1.97. The minimum atomic E-state index is -1.01. The molecule has 0 bridgehead atoms. The second-order valence-corrected chi connectivity index (χ2v) is 2.22. The van der Waals surface area contributed by atoms with Gasteiger partial charge in [0.25, 0.3) is 0 Å². The highest BCUT2D eigenvalue weighted by Crippen LogP contribution is 2.17. The molecule has 1 atom stereocenters. The Bertz CT molecular complexity index is 125. The van der Waals surface area contributed by atoms with Crippen LogP contribution in [0.2, 0.25) is 0 Å². The zero-order valence-corrected chi connectivity index (χ0v) is 4.92. The van der Waals surface area contributed by atoms with Gasteiger partial charge in [0, 0.05) is 0 Å². The maximum Gasteiger partial charge on any atom is 0.326 e. The van der Waals surface area contributed by atoms with Crippen LogP contribution in [-0.2, 0) is 4.79 Å². The monoisotopic (exact) mass is 131 g/mol. The molecule has 4 heteroatoms. The van der Waals surface area contributed by atoms with E-state index >= 15 is 0 Å². The predicted molar refractivity (Wildman–Crippen MR) is 30.1 cm³/mol. The molecule has 0 saturated carbocycles. The largest absolute Gasteiger partial charge is 0.480 e. The molecule has 0 aromatic heterocycles. The van der Waals surface area contributed by atoms with Gasteiger partial charge in [0.2, 0.25) is 0 Å². The van der Waals surface area contributed by atoms with Gasteiger partial charge in [-0.1, -0.05) is 0 Å². The lowest BCUT2D eigenvalue weighted by Crippen LogP contribution is -2.64. The van der Waals surface area contributed by atoms with E-state index in [0.717, 1.165) is 0 Å². The Hall–Kier alpha value is -0.610. The molecule has 0 amide bonds. The molecule has 1 aliphatic heterocycles. The molecule has 0 spiro atoms. The van der Waals surface area contributed by atoms with Crippen LogP contribution in [0.1, 0.15) is 6.42 Å². The summed E-state index contributed by atoms with van der Waals surface area (Å²) >= 11 is 0. The topological polar surface area (TPSA) is 69.6 Å². The van der Waals surface area contributed by atoms with E-state index in [1.165, 1.54) is 0 Å². The number of nitrogens with one attached hydrogen (secondary N) is 1. The van der Waals surface area contributed by atoms with Crippen LogP contribution >= 0.6 is 0 Å². The normalized spacial score (nSPS) is 33.4. The van der Waals surface area contributed by atoms with Crippen molar-refractivity contribution in [2.45, 2.75) is 12.0 Å². The minimum absolute atomic E-state index is 0.317. The van der Waals surface area contributed by atoms with Crippen LogP contribution in [0.4, 0.5) is 0 Å². The van der Waals surface area contributed by atoms with Crippen LogP contribution in [0.5, 0.6) is 0 Å². The number of aliphatic hydroxyl groups is 1. The van der Waals surface area contributed by atoms with Crippen LogP contribution in [0.3, 0.4) is 0 Å². The Labute approximate surface area is 52.5 Å². The van der Waals surface area contributed by atoms with Crippen LogP contribution in [0.25, 0.3) is 0 Å². The number of carboxylic acid groups (broad SMARTS) is 1. The first kappa shape index (κ1) is 6.51. The lowest BCUT2D eigenvalue weighted by molar-refractivity contribution is -0.150. The van der Waals surface area contributed by atoms with E-state index < -0.39 is 11.5 Å². The number of hydrogen-bond donors (Lipinski definition) is 3. The van der Waals surface area contributed by atoms with Crippen LogP contribution in [0, 0.1) is 0 Å². The third kappa shape index (κ3) is 0.799. The molecule has 0 aromatic carbocycles. The number of carbonyl (C=O) groups is 1. The fourth-order valence-corrected chi connectivity index (χ4v) is 0.812. The van der Waals surface area contributed by atoms with Crippen LogP contribution < -0.4 is 5.32 Å². The fraction of sp³-hybridized carbons (Fsp3) is 0.800. The maximum absolute atomic E-state index is 10.3. The zero-order valence-electron chi connectivity index (χ0n) is 4.92. The molecule has 52 valence electrons. The molecular formula is C5H9NO3. The van der Waals surface area contributed by atoms with Gasteiger partial charge >= 0.3 is 5.97 Å². The van der Waals surface area contributed by atoms with Gasteiger partial charge in [-0.25, -0.2) is 0 Å². The first-order valence-electron chi connectivity index (χ1n) is 2.80. The van der Waals surface area contributed by atoms with Crippen molar-refractivity contribution in [2.75, 3.05) is 13.2 Å². The molecule has 1 aliphatic rings. The van der Waals surface area contributed by atoms with E-state index in [9.17, 15) is 4.79 Å². The summed E-state index contributed by atoms with van der Waals surface area (Å²) < 4.78 is 0. The number of hydrogen-bond acceptors (Lipinski definition) is 3. The maximum atomic E-state index is 10.3. The lowest BCUT2D eigenvalue weighted by atomic mass is 9.89. The summed E-state index contributed by atoms with van der Waals surface area (Å²) in [5.41, 5.74) is -1.01. The number of aliphatic carboxylic acids is 1. The van der Waals surface area contributed by atoms with E-state index in [-0.39, 0.29) is 6.61 Å². The summed E-state index contributed by atoms with van der Waals surface area (Å²) in [6, 6.07) is 0. The number of rotatable bonds is 2. The Morgan fingerprint density at radius 3 is 2.33 bits per heavy atom. The predicted octanol–water partition coefficient (Wildman–Crippen LogP) is -1.20. The first-order valence-corrected chi connectivity index (χ1v) is 2.80. The molecule has 4 nitrogen and oxygen atoms in total. The summed E-state index contributed by atoms with van der Waals surface area (Å²) in [4.78, 5) is 10.3. The molecule has 1 fully saturated rings. The first-order chi connectivity index (χ1) is 4.21. The molecule has 0 radical (unpaired) electrons. The van der Waals surface area contributed by atoms with Gasteiger partial charge in [0.05, 0.1) is 6.61 Å². The Morgan fingerprint density at radius 1 is 1.78 bits per heavy atom. The zero-order chi connectivity index (χ0) is 6.91. The average Bonchev–Trinajstić information content (AvgIpc) is 1.62. The Morgan fingerprint density at radius 2 is 2.33 bits per heavy atom. The average molecular weight is 131 g/mol. The fourth-order valence-electron chi connectivity index (χ4n) is 0.812. The van der Waals surface area contributed by atoms with Gasteiger partial charge in [-0.3, -0.25) is 10.1 Å². The van der Waals surface area contributed by atoms with Gasteiger partial charge in [-0.15, -0.1) is 0 Å². The van der Waals surface area contributed by atoms with Crippen LogP contribution in [-0.4, -0.2) is 34.9 Å². The highest BCUT2D eigenvalue weighted by atomic mass is 16.4. The Kier molecular flexibility index (Phi) is 1.42. The SMILES string of the molecule is O=C(O)C1(CO)CCN1. The minimum Gasteiger partial charge on any atom is -0.480 e. The molecule has 1 rings (SSSR count). The second-order valence-electron chi connectivity index (χ2n) is 2.22. The lowest BCUT2D eigenvalue weighted by Gasteiger charge is -2.37. The molecule has 1 saturated heterocycles. The highest BCUT2D eigenvalue weighted by molar-refractivity contribution is 5.80. The third-order valence-corrected chi connectivity index (χ3v) is 1.69. The van der Waals surface area contributed by atoms with Crippen molar-refractivity contribution in [3.8, 4) is 0 Å². The van der Waals surface area contributed by atoms with Gasteiger partial charge in [-0.05, 0) is 13.0 Å². The summed E-state index contributed by atoms with van der Waals surface area (Å²) in [6.07, 6.45) is 0.527. The van der Waals surface area contributed by atoms with Crippen LogP contribution in [0.15, 0.2) is 0 Å². The van der Waals surface area contributed by atoms with Crippen molar-refractivity contribution in [3.63, 3.8) is 0 Å². The van der Waals surface area contributed by atoms with Crippen molar-refractivity contribution in [3.05, 3.63) is 0 Å². The van der Waals surface area contributed by atoms with Gasteiger partial charge < -0.3 is 10.2 Å². The molecule has 9 heavy (non-hydrogen) atoms. The van der Waals surface area contributed by atoms with Crippen molar-refractivity contribution < 1.29 is 15.0 Å². The smallest absolute Gasteiger partial charge is 0.326 e. The van der Waals surface area contributed by atoms with Gasteiger partial charge in [-0.2, -0.15) is 0 Å². The molecule has 1 unspecified atom stereocenters. The standard InChI is InChI=1S/C5H9NO3/c7-3-5(4(8)9)1-2-6-5/h6-7H,1-3H2,(H,8,9). The highest BCUT2D eigenvalue weighted by Gasteiger charge is 2.43. The van der Waals surface area contributed by atoms with E-state index in [0.29, 0.717) is 13.0 Å². The summed E-state index contributed by atoms with van der Waals surface area (Å²) in [6.45, 7) is 0.370. The quantitative estimate of drug-likeness (QED) is 0.440. The number of carboxylic acids is 1. The molecule has 0 aromatic rings. The van der Waals surface area contributed by atoms with Crippen molar-refractivity contribution in [1.82, 2.24) is 5.32 Å². The molecule has 0 aliphatic carbocycles. The molecule has 3 N–H and O–H groups in total. The summed E-state index contributed by atoms with van der Waals surface area (Å²) in [7, 11) is 0. The summed E-state index contributed by atoms with van der Waals surface area (Å²) in [5.74, 6) is -0.962.